The van der Waals surface area contributed by atoms with E-state index in [2.05, 4.69) is 10.0 Å². The maximum absolute atomic E-state index is 12.3. The number of benzene rings is 1. The third kappa shape index (κ3) is 4.27. The molecule has 0 radical (unpaired) electrons. The van der Waals surface area contributed by atoms with Crippen molar-refractivity contribution in [2.24, 2.45) is 5.92 Å². The van der Waals surface area contributed by atoms with Crippen LogP contribution in [0.3, 0.4) is 0 Å². The van der Waals surface area contributed by atoms with Gasteiger partial charge in [0.2, 0.25) is 5.88 Å². The van der Waals surface area contributed by atoms with Crippen LogP contribution in [-0.4, -0.2) is 28.2 Å². The van der Waals surface area contributed by atoms with E-state index < -0.39 is 10.0 Å². The fourth-order valence-corrected chi connectivity index (χ4v) is 3.57. The third-order valence-electron chi connectivity index (χ3n) is 3.75. The first-order chi connectivity index (χ1) is 11.1. The van der Waals surface area contributed by atoms with Gasteiger partial charge in [-0.25, -0.2) is 13.1 Å². The Labute approximate surface area is 135 Å². The molecular formula is C16H20N2O4S. The van der Waals surface area contributed by atoms with Gasteiger partial charge in [0.25, 0.3) is 10.0 Å². The van der Waals surface area contributed by atoms with Gasteiger partial charge in [-0.05, 0) is 43.0 Å². The number of furan rings is 1. The molecule has 124 valence electrons. The lowest BCUT2D eigenvalue weighted by Crippen LogP contribution is -2.24. The Bertz CT molecular complexity index is 722. The predicted molar refractivity (Wildman–Crippen MR) is 88.0 cm³/mol. The van der Waals surface area contributed by atoms with E-state index in [1.807, 2.05) is 6.07 Å². The molecule has 2 N–H and O–H groups in total. The Kier molecular flexibility index (Phi) is 4.88. The molecule has 1 unspecified atom stereocenters. The quantitative estimate of drug-likeness (QED) is 0.848. The minimum Gasteiger partial charge on any atom is -0.448 e. The number of hydrogen-bond acceptors (Lipinski definition) is 5. The molecule has 2 aromatic rings. The van der Waals surface area contributed by atoms with Crippen molar-refractivity contribution in [3.05, 3.63) is 42.7 Å². The van der Waals surface area contributed by atoms with Gasteiger partial charge in [-0.2, -0.15) is 0 Å². The van der Waals surface area contributed by atoms with Gasteiger partial charge in [0.1, 0.15) is 0 Å². The van der Waals surface area contributed by atoms with E-state index in [0.717, 1.165) is 38.3 Å². The number of rotatable bonds is 6. The van der Waals surface area contributed by atoms with Gasteiger partial charge < -0.3 is 14.5 Å². The second-order valence-corrected chi connectivity index (χ2v) is 7.26. The average molecular weight is 336 g/mol. The average Bonchev–Trinajstić information content (AvgIpc) is 3.06. The van der Waals surface area contributed by atoms with E-state index >= 15 is 0 Å². The van der Waals surface area contributed by atoms with Crippen molar-refractivity contribution in [1.82, 2.24) is 0 Å². The highest BCUT2D eigenvalue weighted by Gasteiger charge is 2.17. The molecule has 6 nitrogen and oxygen atoms in total. The number of hydrogen-bond donors (Lipinski definition) is 2. The van der Waals surface area contributed by atoms with Crippen LogP contribution in [0.15, 0.2) is 52.0 Å². The summed E-state index contributed by atoms with van der Waals surface area (Å²) in [6, 6.07) is 9.94. The van der Waals surface area contributed by atoms with Gasteiger partial charge in [0.15, 0.2) is 0 Å². The Hall–Kier alpha value is -1.99. The lowest BCUT2D eigenvalue weighted by atomic mass is 10.0. The molecular weight excluding hydrogens is 316 g/mol. The first-order valence-corrected chi connectivity index (χ1v) is 9.10. The maximum atomic E-state index is 12.3. The molecule has 1 saturated heterocycles. The summed E-state index contributed by atoms with van der Waals surface area (Å²) in [6.07, 6.45) is 3.63. The molecule has 3 rings (SSSR count). The zero-order valence-corrected chi connectivity index (χ0v) is 13.5. The van der Waals surface area contributed by atoms with E-state index in [4.69, 9.17) is 9.15 Å². The highest BCUT2D eigenvalue weighted by atomic mass is 32.2. The van der Waals surface area contributed by atoms with Crippen LogP contribution < -0.4 is 10.0 Å². The van der Waals surface area contributed by atoms with Crippen molar-refractivity contribution in [3.63, 3.8) is 0 Å². The molecule has 1 atom stereocenters. The number of sulfonamides is 1. The van der Waals surface area contributed by atoms with E-state index in [1.54, 1.807) is 30.3 Å². The van der Waals surface area contributed by atoms with Crippen LogP contribution in [0.2, 0.25) is 0 Å². The van der Waals surface area contributed by atoms with E-state index in [1.165, 1.54) is 6.26 Å². The van der Waals surface area contributed by atoms with Crippen molar-refractivity contribution in [1.29, 1.82) is 0 Å². The summed E-state index contributed by atoms with van der Waals surface area (Å²) >= 11 is 0. The van der Waals surface area contributed by atoms with E-state index in [-0.39, 0.29) is 10.8 Å². The molecule has 1 aliphatic heterocycles. The second-order valence-electron chi connectivity index (χ2n) is 5.57. The molecule has 1 fully saturated rings. The van der Waals surface area contributed by atoms with E-state index in [0.29, 0.717) is 5.92 Å². The van der Waals surface area contributed by atoms with Crippen LogP contribution >= 0.6 is 0 Å². The molecule has 0 spiro atoms. The Morgan fingerprint density at radius 1 is 1.22 bits per heavy atom. The number of ether oxygens (including phenoxy) is 1. The number of anilines is 2. The second kappa shape index (κ2) is 7.06. The molecule has 1 aromatic heterocycles. The molecule has 2 heterocycles. The summed E-state index contributed by atoms with van der Waals surface area (Å²) in [4.78, 5) is 0.193. The fraction of sp³-hybridized carbons (Fsp3) is 0.375. The van der Waals surface area contributed by atoms with Crippen LogP contribution in [-0.2, 0) is 14.8 Å². The number of nitrogens with one attached hydrogen (secondary N) is 2. The SMILES string of the molecule is O=S(=O)(Nc1ccco1)c1cccc(NCC2CCCOC2)c1. The summed E-state index contributed by atoms with van der Waals surface area (Å²) in [5.74, 6) is 0.660. The molecule has 0 aliphatic carbocycles. The van der Waals surface area contributed by atoms with Crippen LogP contribution in [0, 0.1) is 5.92 Å². The summed E-state index contributed by atoms with van der Waals surface area (Å²) in [5, 5.41) is 3.29. The summed E-state index contributed by atoms with van der Waals surface area (Å²) in [5.41, 5.74) is 0.776. The third-order valence-corrected chi connectivity index (χ3v) is 5.09. The molecule has 0 amide bonds. The topological polar surface area (TPSA) is 80.6 Å². The molecule has 1 aromatic carbocycles. The fourth-order valence-electron chi connectivity index (χ4n) is 2.53. The standard InChI is InChI=1S/C16H20N2O4S/c19-23(20,18-16-7-3-9-22-16)15-6-1-5-14(10-15)17-11-13-4-2-8-21-12-13/h1,3,5-7,9-10,13,17-18H,2,4,8,11-12H2. The molecule has 1 aliphatic rings. The minimum atomic E-state index is -3.66. The Balaban J connectivity index is 1.66. The van der Waals surface area contributed by atoms with Crippen LogP contribution in [0.4, 0.5) is 11.6 Å². The van der Waals surface area contributed by atoms with Gasteiger partial charge in [0.05, 0.1) is 17.8 Å². The smallest absolute Gasteiger partial charge is 0.264 e. The molecule has 23 heavy (non-hydrogen) atoms. The highest BCUT2D eigenvalue weighted by Crippen LogP contribution is 2.20. The first kappa shape index (κ1) is 15.9. The zero-order valence-electron chi connectivity index (χ0n) is 12.7. The molecule has 0 saturated carbocycles. The van der Waals surface area contributed by atoms with Gasteiger partial charge in [-0.3, -0.25) is 0 Å². The lowest BCUT2D eigenvalue weighted by Gasteiger charge is -2.22. The van der Waals surface area contributed by atoms with E-state index in [9.17, 15) is 8.42 Å². The monoisotopic (exact) mass is 336 g/mol. The summed E-state index contributed by atoms with van der Waals surface area (Å²) in [7, 11) is -3.66. The maximum Gasteiger partial charge on any atom is 0.264 e. The van der Waals surface area contributed by atoms with Gasteiger partial charge >= 0.3 is 0 Å². The summed E-state index contributed by atoms with van der Waals surface area (Å²) in [6.45, 7) is 2.36. The van der Waals surface area contributed by atoms with Crippen molar-refractivity contribution in [2.75, 3.05) is 29.8 Å². The van der Waals surface area contributed by atoms with Crippen molar-refractivity contribution in [2.45, 2.75) is 17.7 Å². The van der Waals surface area contributed by atoms with Crippen LogP contribution in [0.1, 0.15) is 12.8 Å². The van der Waals surface area contributed by atoms with Crippen molar-refractivity contribution in [3.8, 4) is 0 Å². The minimum absolute atomic E-state index is 0.193. The van der Waals surface area contributed by atoms with Crippen LogP contribution in [0.5, 0.6) is 0 Å². The van der Waals surface area contributed by atoms with Gasteiger partial charge in [-0.15, -0.1) is 0 Å². The van der Waals surface area contributed by atoms with Gasteiger partial charge in [-0.1, -0.05) is 6.07 Å². The van der Waals surface area contributed by atoms with Crippen molar-refractivity contribution >= 4 is 21.6 Å². The Morgan fingerprint density at radius 3 is 2.87 bits per heavy atom. The van der Waals surface area contributed by atoms with Gasteiger partial charge in [0, 0.05) is 24.9 Å². The lowest BCUT2D eigenvalue weighted by molar-refractivity contribution is 0.0595. The predicted octanol–water partition coefficient (Wildman–Crippen LogP) is 2.92. The molecule has 7 heteroatoms. The zero-order chi connectivity index (χ0) is 16.1. The Morgan fingerprint density at radius 2 is 2.13 bits per heavy atom. The largest absolute Gasteiger partial charge is 0.448 e. The molecule has 0 bridgehead atoms. The normalized spacial score (nSPS) is 18.5. The van der Waals surface area contributed by atoms with Crippen molar-refractivity contribution < 1.29 is 17.6 Å². The highest BCUT2D eigenvalue weighted by molar-refractivity contribution is 7.92. The van der Waals surface area contributed by atoms with Crippen LogP contribution in [0.25, 0.3) is 0 Å². The summed E-state index contributed by atoms with van der Waals surface area (Å²) < 4.78 is 37.6. The first-order valence-electron chi connectivity index (χ1n) is 7.61.